The first-order valence-corrected chi connectivity index (χ1v) is 1.61. The Balaban J connectivity index is -0.000000125. The second kappa shape index (κ2) is 6.43. The van der Waals surface area contributed by atoms with Gasteiger partial charge in [-0.3, -0.25) is 4.79 Å². The summed E-state index contributed by atoms with van der Waals surface area (Å²) in [6.07, 6.45) is 0. The Bertz CT molecular complexity index is 61.2. The van der Waals surface area contributed by atoms with Gasteiger partial charge in [0.15, 0.2) is 0 Å². The first kappa shape index (κ1) is 10.4. The molecular formula is C3H8NNaO2. The third-order valence-electron chi connectivity index (χ3n) is 0.246. The number of hydrogen-bond donors (Lipinski definition) is 1. The van der Waals surface area contributed by atoms with Gasteiger partial charge >= 0.3 is 35.5 Å². The molecule has 0 aliphatic rings. The molecule has 0 aromatic carbocycles. The van der Waals surface area contributed by atoms with Gasteiger partial charge in [-0.1, -0.05) is 0 Å². The summed E-state index contributed by atoms with van der Waals surface area (Å²) in [6.45, 7) is 1.33. The molecular weight excluding hydrogens is 105 g/mol. The van der Waals surface area contributed by atoms with Gasteiger partial charge in [-0.05, 0) is 0 Å². The average molecular weight is 113 g/mol. The van der Waals surface area contributed by atoms with Crippen molar-refractivity contribution in [3.8, 4) is 0 Å². The smallest absolute Gasteiger partial charge is 1.00 e. The zero-order chi connectivity index (χ0) is 4.99. The van der Waals surface area contributed by atoms with Crippen molar-refractivity contribution in [3.05, 3.63) is 0 Å². The largest absolute Gasteiger partial charge is 1.00 e. The Labute approximate surface area is 66.1 Å². The van der Waals surface area contributed by atoms with E-state index in [1.807, 2.05) is 0 Å². The molecule has 0 heterocycles. The van der Waals surface area contributed by atoms with E-state index in [2.05, 4.69) is 10.3 Å². The van der Waals surface area contributed by atoms with Crippen LogP contribution >= 0.6 is 0 Å². The standard InChI is InChI=1S/C3H7NO2.Na.H/c1-3(5)6-4-2;;/h4H,1-2H3;;/q;+1;-1. The van der Waals surface area contributed by atoms with Crippen molar-refractivity contribution in [3.63, 3.8) is 0 Å². The minimum absolute atomic E-state index is 0. The molecule has 0 atom stereocenters. The molecule has 0 bridgehead atoms. The second-order valence-electron chi connectivity index (χ2n) is 0.798. The van der Waals surface area contributed by atoms with Gasteiger partial charge in [0.2, 0.25) is 0 Å². The van der Waals surface area contributed by atoms with Crippen LogP contribution in [0.4, 0.5) is 0 Å². The molecule has 0 saturated heterocycles. The minimum atomic E-state index is -0.322. The van der Waals surface area contributed by atoms with Gasteiger partial charge in [0.25, 0.3) is 0 Å². The van der Waals surface area contributed by atoms with Crippen molar-refractivity contribution in [2.75, 3.05) is 7.05 Å². The van der Waals surface area contributed by atoms with Crippen LogP contribution in [0, 0.1) is 0 Å². The molecule has 1 N–H and O–H groups in total. The summed E-state index contributed by atoms with van der Waals surface area (Å²) in [5.74, 6) is -0.322. The topological polar surface area (TPSA) is 38.3 Å². The van der Waals surface area contributed by atoms with E-state index in [0.717, 1.165) is 0 Å². The molecule has 3 nitrogen and oxygen atoms in total. The van der Waals surface area contributed by atoms with Crippen LogP contribution in [0.25, 0.3) is 0 Å². The van der Waals surface area contributed by atoms with E-state index in [0.29, 0.717) is 0 Å². The molecule has 0 aliphatic heterocycles. The van der Waals surface area contributed by atoms with E-state index < -0.39 is 0 Å². The Kier molecular flexibility index (Phi) is 9.57. The van der Waals surface area contributed by atoms with Crippen molar-refractivity contribution in [2.45, 2.75) is 6.92 Å². The number of rotatable bonds is 1. The van der Waals surface area contributed by atoms with Crippen molar-refractivity contribution < 1.29 is 40.6 Å². The van der Waals surface area contributed by atoms with Gasteiger partial charge < -0.3 is 6.26 Å². The fourth-order valence-electron chi connectivity index (χ4n) is 0.144. The molecule has 0 rings (SSSR count). The van der Waals surface area contributed by atoms with E-state index in [4.69, 9.17) is 0 Å². The fraction of sp³-hybridized carbons (Fsp3) is 0.667. The first-order chi connectivity index (χ1) is 2.77. The van der Waals surface area contributed by atoms with E-state index in [1.54, 1.807) is 0 Å². The number of carbonyl (C=O) groups is 1. The number of hydrogen-bond acceptors (Lipinski definition) is 3. The van der Waals surface area contributed by atoms with E-state index in [1.165, 1.54) is 14.0 Å². The average Bonchev–Trinajstić information content (AvgIpc) is 1.35. The zero-order valence-corrected chi connectivity index (χ0v) is 6.82. The van der Waals surface area contributed by atoms with Crippen molar-refractivity contribution in [2.24, 2.45) is 0 Å². The van der Waals surface area contributed by atoms with E-state index in [-0.39, 0.29) is 37.0 Å². The summed E-state index contributed by atoms with van der Waals surface area (Å²) in [5.41, 5.74) is 2.22. The van der Waals surface area contributed by atoms with Crippen LogP contribution in [-0.4, -0.2) is 13.0 Å². The van der Waals surface area contributed by atoms with Crippen LogP contribution in [-0.2, 0) is 9.63 Å². The fourth-order valence-corrected chi connectivity index (χ4v) is 0.144. The van der Waals surface area contributed by atoms with Gasteiger partial charge in [0, 0.05) is 14.0 Å². The molecule has 0 aromatic heterocycles. The van der Waals surface area contributed by atoms with Crippen LogP contribution in [0.3, 0.4) is 0 Å². The molecule has 0 radical (unpaired) electrons. The van der Waals surface area contributed by atoms with Gasteiger partial charge in [-0.25, -0.2) is 0 Å². The van der Waals surface area contributed by atoms with Crippen molar-refractivity contribution >= 4 is 5.97 Å². The third-order valence-corrected chi connectivity index (χ3v) is 0.246. The molecule has 0 fully saturated rings. The van der Waals surface area contributed by atoms with Gasteiger partial charge in [0.1, 0.15) is 0 Å². The molecule has 4 heteroatoms. The molecule has 0 amide bonds. The Morgan fingerprint density at radius 3 is 2.29 bits per heavy atom. The Morgan fingerprint density at radius 2 is 2.29 bits per heavy atom. The molecule has 0 spiro atoms. The molecule has 0 unspecified atom stereocenters. The summed E-state index contributed by atoms with van der Waals surface area (Å²) in [5, 5.41) is 0. The SMILES string of the molecule is CNOC(C)=O.[H-].[Na+]. The molecule has 0 saturated carbocycles. The maximum absolute atomic E-state index is 9.76. The summed E-state index contributed by atoms with van der Waals surface area (Å²) in [6, 6.07) is 0. The zero-order valence-electron chi connectivity index (χ0n) is 5.82. The number of nitrogens with one attached hydrogen (secondary N) is 1. The molecule has 38 valence electrons. The third kappa shape index (κ3) is 10.7. The van der Waals surface area contributed by atoms with Crippen LogP contribution in [0.15, 0.2) is 0 Å². The Hall–Kier alpha value is 0.430. The molecule has 0 aromatic rings. The van der Waals surface area contributed by atoms with Gasteiger partial charge in [-0.15, -0.1) is 0 Å². The van der Waals surface area contributed by atoms with Crippen LogP contribution < -0.4 is 35.0 Å². The molecule has 0 aliphatic carbocycles. The minimum Gasteiger partial charge on any atom is -1.00 e. The summed E-state index contributed by atoms with van der Waals surface area (Å²) in [7, 11) is 1.53. The van der Waals surface area contributed by atoms with Crippen LogP contribution in [0.2, 0.25) is 0 Å². The predicted octanol–water partition coefficient (Wildman–Crippen LogP) is -3.20. The van der Waals surface area contributed by atoms with Gasteiger partial charge in [-0.2, -0.15) is 5.48 Å². The summed E-state index contributed by atoms with van der Waals surface area (Å²) >= 11 is 0. The first-order valence-electron chi connectivity index (χ1n) is 1.61. The summed E-state index contributed by atoms with van der Waals surface area (Å²) < 4.78 is 0. The number of carbonyl (C=O) groups excluding carboxylic acids is 1. The van der Waals surface area contributed by atoms with E-state index >= 15 is 0 Å². The maximum atomic E-state index is 9.76. The summed E-state index contributed by atoms with van der Waals surface area (Å²) in [4.78, 5) is 13.9. The molecule has 7 heavy (non-hydrogen) atoms. The monoisotopic (exact) mass is 113 g/mol. The van der Waals surface area contributed by atoms with E-state index in [9.17, 15) is 4.79 Å². The second-order valence-corrected chi connectivity index (χ2v) is 0.798. The Morgan fingerprint density at radius 1 is 1.86 bits per heavy atom. The quantitative estimate of drug-likeness (QED) is 0.287. The van der Waals surface area contributed by atoms with Crippen molar-refractivity contribution in [1.29, 1.82) is 0 Å². The van der Waals surface area contributed by atoms with Crippen LogP contribution in [0.5, 0.6) is 0 Å². The van der Waals surface area contributed by atoms with Crippen molar-refractivity contribution in [1.82, 2.24) is 5.48 Å². The maximum Gasteiger partial charge on any atom is 1.00 e. The van der Waals surface area contributed by atoms with Crippen LogP contribution in [0.1, 0.15) is 8.35 Å². The number of hydroxylamine groups is 1. The van der Waals surface area contributed by atoms with Gasteiger partial charge in [0.05, 0.1) is 0 Å². The predicted molar refractivity (Wildman–Crippen MR) is 21.9 cm³/mol. The normalized spacial score (nSPS) is 6.57.